The number of hydrogen-bond donors (Lipinski definition) is 2. The molecule has 9 heteroatoms. The fourth-order valence-electron chi connectivity index (χ4n) is 3.76. The minimum absolute atomic E-state index is 0.266. The average Bonchev–Trinajstić information content (AvgIpc) is 3.17. The van der Waals surface area contributed by atoms with Crippen molar-refractivity contribution in [1.82, 2.24) is 25.4 Å². The molecule has 1 aromatic carbocycles. The summed E-state index contributed by atoms with van der Waals surface area (Å²) in [5, 5.41) is 13.8. The molecule has 1 saturated carbocycles. The minimum atomic E-state index is -0.520. The smallest absolute Gasteiger partial charge is 0.321 e. The van der Waals surface area contributed by atoms with E-state index in [1.165, 1.54) is 25.2 Å². The summed E-state index contributed by atoms with van der Waals surface area (Å²) in [5.41, 5.74) is 0.954. The van der Waals surface area contributed by atoms with Gasteiger partial charge in [-0.05, 0) is 49.9 Å². The van der Waals surface area contributed by atoms with Crippen LogP contribution in [0, 0.1) is 5.92 Å². The molecule has 2 aromatic rings. The van der Waals surface area contributed by atoms with Crippen molar-refractivity contribution in [2.24, 2.45) is 5.92 Å². The van der Waals surface area contributed by atoms with Crippen LogP contribution in [0.5, 0.6) is 5.75 Å². The molecule has 8 nitrogen and oxygen atoms in total. The highest BCUT2D eigenvalue weighted by Gasteiger charge is 2.30. The van der Waals surface area contributed by atoms with Crippen LogP contribution >= 0.6 is 11.8 Å². The molecule has 3 rings (SSSR count). The summed E-state index contributed by atoms with van der Waals surface area (Å²) in [4.78, 5) is 23.8. The number of ether oxygens (including phenoxy) is 1. The topological polar surface area (TPSA) is 98.1 Å². The van der Waals surface area contributed by atoms with Crippen molar-refractivity contribution in [3.8, 4) is 17.1 Å². The van der Waals surface area contributed by atoms with Gasteiger partial charge in [0.1, 0.15) is 5.75 Å². The highest BCUT2D eigenvalue weighted by atomic mass is 32.2. The number of amides is 3. The van der Waals surface area contributed by atoms with E-state index in [2.05, 4.69) is 32.3 Å². The van der Waals surface area contributed by atoms with Gasteiger partial charge >= 0.3 is 6.03 Å². The molecule has 0 unspecified atom stereocenters. The van der Waals surface area contributed by atoms with Crippen LogP contribution in [0.2, 0.25) is 0 Å². The number of carbonyl (C=O) groups excluding carboxylic acids is 2. The maximum atomic E-state index is 12.4. The molecule has 1 aliphatic rings. The Labute approximate surface area is 181 Å². The van der Waals surface area contributed by atoms with Gasteiger partial charge in [0.25, 0.3) is 0 Å². The highest BCUT2D eigenvalue weighted by Crippen LogP contribution is 2.39. The lowest BCUT2D eigenvalue weighted by atomic mass is 9.85. The Kier molecular flexibility index (Phi) is 7.36. The summed E-state index contributed by atoms with van der Waals surface area (Å²) in [7, 11) is 3.11. The Balaban J connectivity index is 1.93. The third-order valence-electron chi connectivity index (χ3n) is 5.53. The second kappa shape index (κ2) is 9.97. The number of nitrogens with one attached hydrogen (secondary N) is 2. The number of hydrogen-bond acceptors (Lipinski definition) is 6. The fourth-order valence-corrected chi connectivity index (χ4v) is 4.67. The number of benzene rings is 1. The molecule has 3 amide bonds. The first-order valence-electron chi connectivity index (χ1n) is 10.2. The summed E-state index contributed by atoms with van der Waals surface area (Å²) in [6.07, 6.45) is 4.59. The number of aromatic nitrogens is 3. The first-order valence-corrected chi connectivity index (χ1v) is 11.1. The summed E-state index contributed by atoms with van der Waals surface area (Å²) < 4.78 is 7.45. The lowest BCUT2D eigenvalue weighted by molar-refractivity contribution is -0.119. The molecule has 0 aliphatic heterocycles. The Morgan fingerprint density at radius 1 is 1.20 bits per heavy atom. The minimum Gasteiger partial charge on any atom is -0.497 e. The number of carbonyl (C=O) groups is 2. The third kappa shape index (κ3) is 4.95. The molecule has 1 aliphatic carbocycles. The highest BCUT2D eigenvalue weighted by molar-refractivity contribution is 8.00. The van der Waals surface area contributed by atoms with E-state index in [4.69, 9.17) is 4.74 Å². The van der Waals surface area contributed by atoms with Gasteiger partial charge in [0.05, 0.1) is 12.4 Å². The van der Waals surface area contributed by atoms with Gasteiger partial charge in [-0.2, -0.15) is 0 Å². The van der Waals surface area contributed by atoms with E-state index in [9.17, 15) is 9.59 Å². The summed E-state index contributed by atoms with van der Waals surface area (Å²) in [5.74, 6) is 1.69. The molecule has 0 radical (unpaired) electrons. The zero-order valence-electron chi connectivity index (χ0n) is 17.8. The molecular formula is C21H29N5O3S. The molecule has 1 heterocycles. The van der Waals surface area contributed by atoms with Crippen molar-refractivity contribution >= 4 is 23.7 Å². The van der Waals surface area contributed by atoms with Crippen molar-refractivity contribution in [1.29, 1.82) is 0 Å². The maximum absolute atomic E-state index is 12.4. The molecular weight excluding hydrogens is 402 g/mol. The molecule has 30 heavy (non-hydrogen) atoms. The van der Waals surface area contributed by atoms with E-state index in [-0.39, 0.29) is 11.9 Å². The number of rotatable bonds is 6. The van der Waals surface area contributed by atoms with Crippen molar-refractivity contribution in [2.75, 3.05) is 14.2 Å². The van der Waals surface area contributed by atoms with Gasteiger partial charge in [-0.25, -0.2) is 4.79 Å². The van der Waals surface area contributed by atoms with Gasteiger partial charge in [0.2, 0.25) is 5.91 Å². The standard InChI is InChI=1S/C21H29N5O3S/c1-13-7-5-6-8-17(13)26-18(15-9-11-16(29-4)12-10-15)24-25-21(26)30-14(2)19(27)23-20(28)22-3/h9-14,17H,5-8H2,1-4H3,(H2,22,23,27,28)/t13-,14-,17+/m0/s1. The van der Waals surface area contributed by atoms with Gasteiger partial charge in [0.15, 0.2) is 11.0 Å². The monoisotopic (exact) mass is 431 g/mol. The lowest BCUT2D eigenvalue weighted by Crippen LogP contribution is -2.41. The van der Waals surface area contributed by atoms with Gasteiger partial charge in [-0.1, -0.05) is 31.5 Å². The summed E-state index contributed by atoms with van der Waals surface area (Å²) >= 11 is 1.32. The van der Waals surface area contributed by atoms with Crippen molar-refractivity contribution in [3.63, 3.8) is 0 Å². The number of methoxy groups -OCH3 is 1. The zero-order chi connectivity index (χ0) is 21.7. The van der Waals surface area contributed by atoms with Crippen molar-refractivity contribution < 1.29 is 14.3 Å². The van der Waals surface area contributed by atoms with Crippen molar-refractivity contribution in [2.45, 2.75) is 56.0 Å². The van der Waals surface area contributed by atoms with Crippen LogP contribution in [0.4, 0.5) is 4.79 Å². The number of thioether (sulfide) groups is 1. The maximum Gasteiger partial charge on any atom is 0.321 e. The first kappa shape index (κ1) is 22.1. The normalized spacial score (nSPS) is 19.7. The van der Waals surface area contributed by atoms with Gasteiger partial charge in [-0.3, -0.25) is 14.7 Å². The lowest BCUT2D eigenvalue weighted by Gasteiger charge is -2.31. The zero-order valence-corrected chi connectivity index (χ0v) is 18.7. The van der Waals surface area contributed by atoms with Crippen LogP contribution in [0.25, 0.3) is 11.4 Å². The Morgan fingerprint density at radius 3 is 2.53 bits per heavy atom. The summed E-state index contributed by atoms with van der Waals surface area (Å²) in [6, 6.07) is 7.51. The number of imide groups is 1. The molecule has 0 bridgehead atoms. The third-order valence-corrected chi connectivity index (χ3v) is 6.58. The quantitative estimate of drug-likeness (QED) is 0.678. The van der Waals surface area contributed by atoms with E-state index in [0.29, 0.717) is 11.1 Å². The molecule has 0 spiro atoms. The van der Waals surface area contributed by atoms with E-state index in [0.717, 1.165) is 36.4 Å². The Hall–Kier alpha value is -2.55. The largest absolute Gasteiger partial charge is 0.497 e. The average molecular weight is 432 g/mol. The van der Waals surface area contributed by atoms with Crippen LogP contribution in [0.3, 0.4) is 0 Å². The molecule has 3 atom stereocenters. The van der Waals surface area contributed by atoms with Crippen LogP contribution in [0.1, 0.15) is 45.6 Å². The second-order valence-corrected chi connectivity index (χ2v) is 8.87. The predicted molar refractivity (Wildman–Crippen MR) is 117 cm³/mol. The van der Waals surface area contributed by atoms with E-state index in [1.807, 2.05) is 24.3 Å². The summed E-state index contributed by atoms with van der Waals surface area (Å²) in [6.45, 7) is 4.02. The Bertz CT molecular complexity index is 883. The molecule has 2 N–H and O–H groups in total. The van der Waals surface area contributed by atoms with Crippen molar-refractivity contribution in [3.05, 3.63) is 24.3 Å². The number of nitrogens with zero attached hydrogens (tertiary/aromatic N) is 3. The van der Waals surface area contributed by atoms with Crippen LogP contribution in [-0.2, 0) is 4.79 Å². The fraction of sp³-hybridized carbons (Fsp3) is 0.524. The second-order valence-electron chi connectivity index (χ2n) is 7.56. The van der Waals surface area contributed by atoms with Crippen LogP contribution < -0.4 is 15.4 Å². The van der Waals surface area contributed by atoms with Gasteiger partial charge in [0, 0.05) is 18.7 Å². The molecule has 1 aromatic heterocycles. The van der Waals surface area contributed by atoms with Crippen LogP contribution in [0.15, 0.2) is 29.4 Å². The molecule has 1 fully saturated rings. The molecule has 0 saturated heterocycles. The van der Waals surface area contributed by atoms with E-state index < -0.39 is 11.3 Å². The first-order chi connectivity index (χ1) is 14.4. The predicted octanol–water partition coefficient (Wildman–Crippen LogP) is 3.64. The molecule has 162 valence electrons. The van der Waals surface area contributed by atoms with Crippen LogP contribution in [-0.4, -0.2) is 46.1 Å². The van der Waals surface area contributed by atoms with E-state index >= 15 is 0 Å². The van der Waals surface area contributed by atoms with E-state index in [1.54, 1.807) is 14.0 Å². The number of urea groups is 1. The Morgan fingerprint density at radius 2 is 1.90 bits per heavy atom. The van der Waals surface area contributed by atoms with Gasteiger partial charge in [-0.15, -0.1) is 10.2 Å². The van der Waals surface area contributed by atoms with Gasteiger partial charge < -0.3 is 10.1 Å². The SMILES string of the molecule is CNC(=O)NC(=O)[C@H](C)Sc1nnc(-c2ccc(OC)cc2)n1[C@@H]1CCCC[C@@H]1C.